The molecule has 1 rings (SSSR count). The minimum atomic E-state index is -2.80. The maximum Gasteiger partial charge on any atom is 0.152 e. The first kappa shape index (κ1) is 13.3. The van der Waals surface area contributed by atoms with Gasteiger partial charge in [-0.2, -0.15) is 0 Å². The van der Waals surface area contributed by atoms with Crippen LogP contribution < -0.4 is 5.32 Å². The lowest BCUT2D eigenvalue weighted by molar-refractivity contribution is 0.600. The maximum absolute atomic E-state index is 11.2. The minimum absolute atomic E-state index is 0.0298. The van der Waals surface area contributed by atoms with Gasteiger partial charge in [-0.1, -0.05) is 37.8 Å². The van der Waals surface area contributed by atoms with Crippen molar-refractivity contribution in [2.24, 2.45) is 5.92 Å². The van der Waals surface area contributed by atoms with Gasteiger partial charge in [0.25, 0.3) is 0 Å². The van der Waals surface area contributed by atoms with Crippen LogP contribution in [0.25, 0.3) is 0 Å². The molecule has 1 aliphatic heterocycles. The molecule has 0 aromatic rings. The third-order valence-electron chi connectivity index (χ3n) is 2.10. The Hall–Kier alpha value is 0.190. The van der Waals surface area contributed by atoms with Gasteiger partial charge in [0.05, 0.1) is 11.5 Å². The van der Waals surface area contributed by atoms with E-state index in [1.807, 2.05) is 0 Å². The third kappa shape index (κ3) is 5.17. The molecule has 88 valence electrons. The molecule has 0 aromatic carbocycles. The van der Waals surface area contributed by atoms with E-state index < -0.39 is 9.84 Å². The Morgan fingerprint density at radius 3 is 2.73 bits per heavy atom. The molecule has 1 fully saturated rings. The first-order chi connectivity index (χ1) is 6.89. The SMILES string of the molecule is CC(C)CSC(=S)NC1CCS(=O)(=O)C1. The van der Waals surface area contributed by atoms with Crippen LogP contribution in [0, 0.1) is 5.92 Å². The average Bonchev–Trinajstić information content (AvgIpc) is 2.42. The van der Waals surface area contributed by atoms with Crippen molar-refractivity contribution in [2.45, 2.75) is 26.3 Å². The molecule has 1 aliphatic rings. The van der Waals surface area contributed by atoms with Crippen molar-refractivity contribution in [3.05, 3.63) is 0 Å². The summed E-state index contributed by atoms with van der Waals surface area (Å²) in [7, 11) is -2.80. The summed E-state index contributed by atoms with van der Waals surface area (Å²) in [5.41, 5.74) is 0. The van der Waals surface area contributed by atoms with Gasteiger partial charge in [-0.05, 0) is 12.3 Å². The number of thiocarbonyl (C=S) groups is 1. The molecule has 6 heteroatoms. The highest BCUT2D eigenvalue weighted by atomic mass is 32.2. The van der Waals surface area contributed by atoms with E-state index in [9.17, 15) is 8.42 Å². The van der Waals surface area contributed by atoms with Crippen LogP contribution in [0.2, 0.25) is 0 Å². The molecule has 3 nitrogen and oxygen atoms in total. The predicted octanol–water partition coefficient (Wildman–Crippen LogP) is 1.44. The van der Waals surface area contributed by atoms with Crippen LogP contribution in [0.1, 0.15) is 20.3 Å². The number of sulfone groups is 1. The Labute approximate surface area is 101 Å². The number of hydrogen-bond donors (Lipinski definition) is 1. The second-order valence-corrected chi connectivity index (χ2v) is 8.16. The molecule has 0 bridgehead atoms. The van der Waals surface area contributed by atoms with Crippen LogP contribution >= 0.6 is 24.0 Å². The van der Waals surface area contributed by atoms with Crippen LogP contribution in [0.4, 0.5) is 0 Å². The second kappa shape index (κ2) is 5.50. The zero-order valence-electron chi connectivity index (χ0n) is 9.02. The van der Waals surface area contributed by atoms with Gasteiger partial charge in [0.2, 0.25) is 0 Å². The van der Waals surface area contributed by atoms with Gasteiger partial charge in [0, 0.05) is 11.8 Å². The van der Waals surface area contributed by atoms with Gasteiger partial charge >= 0.3 is 0 Å². The summed E-state index contributed by atoms with van der Waals surface area (Å²) in [5.74, 6) is 2.10. The van der Waals surface area contributed by atoms with Crippen LogP contribution in [0.5, 0.6) is 0 Å². The van der Waals surface area contributed by atoms with E-state index in [-0.39, 0.29) is 11.8 Å². The van der Waals surface area contributed by atoms with E-state index in [0.717, 1.165) is 10.1 Å². The van der Waals surface area contributed by atoms with E-state index in [4.69, 9.17) is 12.2 Å². The topological polar surface area (TPSA) is 46.2 Å². The fourth-order valence-electron chi connectivity index (χ4n) is 1.36. The highest BCUT2D eigenvalue weighted by Gasteiger charge is 2.28. The van der Waals surface area contributed by atoms with Gasteiger partial charge in [-0.3, -0.25) is 0 Å². The average molecular weight is 267 g/mol. The first-order valence-corrected chi connectivity index (χ1v) is 8.24. The smallest absolute Gasteiger partial charge is 0.152 e. The van der Waals surface area contributed by atoms with E-state index >= 15 is 0 Å². The standard InChI is InChI=1S/C9H17NO2S3/c1-7(2)5-14-9(13)10-8-3-4-15(11,12)6-8/h7-8H,3-6H2,1-2H3,(H,10,13). The maximum atomic E-state index is 11.2. The predicted molar refractivity (Wildman–Crippen MR) is 70.1 cm³/mol. The molecular formula is C9H17NO2S3. The third-order valence-corrected chi connectivity index (χ3v) is 5.55. The Morgan fingerprint density at radius 2 is 2.27 bits per heavy atom. The van der Waals surface area contributed by atoms with Crippen LogP contribution in [0.3, 0.4) is 0 Å². The molecule has 1 unspecified atom stereocenters. The van der Waals surface area contributed by atoms with Crippen molar-refractivity contribution >= 4 is 38.1 Å². The molecule has 1 heterocycles. The van der Waals surface area contributed by atoms with E-state index in [1.165, 1.54) is 0 Å². The van der Waals surface area contributed by atoms with Crippen LogP contribution in [-0.2, 0) is 9.84 Å². The Kier molecular flexibility index (Phi) is 4.86. The van der Waals surface area contributed by atoms with Crippen molar-refractivity contribution in [2.75, 3.05) is 17.3 Å². The monoisotopic (exact) mass is 267 g/mol. The molecule has 0 saturated carbocycles. The summed E-state index contributed by atoms with van der Waals surface area (Å²) in [5, 5.41) is 3.11. The number of thioether (sulfide) groups is 1. The molecule has 0 amide bonds. The van der Waals surface area contributed by atoms with Crippen LogP contribution in [0.15, 0.2) is 0 Å². The highest BCUT2D eigenvalue weighted by Crippen LogP contribution is 2.14. The number of nitrogens with one attached hydrogen (secondary N) is 1. The molecule has 0 aliphatic carbocycles. The van der Waals surface area contributed by atoms with Gasteiger partial charge in [-0.25, -0.2) is 8.42 Å². The summed E-state index contributed by atoms with van der Waals surface area (Å²) >= 11 is 6.74. The molecular weight excluding hydrogens is 250 g/mol. The number of rotatable bonds is 3. The second-order valence-electron chi connectivity index (χ2n) is 4.24. The van der Waals surface area contributed by atoms with Crippen molar-refractivity contribution in [3.63, 3.8) is 0 Å². The summed E-state index contributed by atoms with van der Waals surface area (Å²) < 4.78 is 23.1. The lowest BCUT2D eigenvalue weighted by Crippen LogP contribution is -2.33. The van der Waals surface area contributed by atoms with Gasteiger partial charge in [-0.15, -0.1) is 0 Å². The quantitative estimate of drug-likeness (QED) is 0.784. The lowest BCUT2D eigenvalue weighted by atomic mass is 10.3. The van der Waals surface area contributed by atoms with E-state index in [1.54, 1.807) is 11.8 Å². The normalized spacial score (nSPS) is 24.3. The van der Waals surface area contributed by atoms with Crippen molar-refractivity contribution < 1.29 is 8.42 Å². The van der Waals surface area contributed by atoms with E-state index in [0.29, 0.717) is 18.1 Å². The zero-order valence-corrected chi connectivity index (χ0v) is 11.5. The molecule has 1 atom stereocenters. The molecule has 0 radical (unpaired) electrons. The van der Waals surface area contributed by atoms with Gasteiger partial charge < -0.3 is 5.32 Å². The minimum Gasteiger partial charge on any atom is -0.367 e. The van der Waals surface area contributed by atoms with Crippen molar-refractivity contribution in [3.8, 4) is 0 Å². The summed E-state index contributed by atoms with van der Waals surface area (Å²) in [6, 6.07) is 0.0298. The van der Waals surface area contributed by atoms with Crippen molar-refractivity contribution in [1.29, 1.82) is 0 Å². The Morgan fingerprint density at radius 1 is 1.60 bits per heavy atom. The zero-order chi connectivity index (χ0) is 11.5. The largest absolute Gasteiger partial charge is 0.367 e. The van der Waals surface area contributed by atoms with Gasteiger partial charge in [0.1, 0.15) is 4.32 Å². The molecule has 1 N–H and O–H groups in total. The molecule has 15 heavy (non-hydrogen) atoms. The first-order valence-electron chi connectivity index (χ1n) is 5.03. The Balaban J connectivity index is 2.28. The van der Waals surface area contributed by atoms with E-state index in [2.05, 4.69) is 19.2 Å². The van der Waals surface area contributed by atoms with Crippen LogP contribution in [-0.4, -0.2) is 36.0 Å². The summed E-state index contributed by atoms with van der Waals surface area (Å²) in [6.45, 7) is 4.27. The molecule has 0 spiro atoms. The summed E-state index contributed by atoms with van der Waals surface area (Å²) in [4.78, 5) is 0. The lowest BCUT2D eigenvalue weighted by Gasteiger charge is -2.13. The van der Waals surface area contributed by atoms with Crippen molar-refractivity contribution in [1.82, 2.24) is 5.32 Å². The number of hydrogen-bond acceptors (Lipinski definition) is 4. The highest BCUT2D eigenvalue weighted by molar-refractivity contribution is 8.22. The fraction of sp³-hybridized carbons (Fsp3) is 0.889. The fourth-order valence-corrected chi connectivity index (χ4v) is 4.14. The molecule has 1 saturated heterocycles. The van der Waals surface area contributed by atoms with Gasteiger partial charge in [0.15, 0.2) is 9.84 Å². The summed E-state index contributed by atoms with van der Waals surface area (Å²) in [6.07, 6.45) is 0.685. The Bertz CT molecular complexity index is 324. The molecule has 0 aromatic heterocycles.